The van der Waals surface area contributed by atoms with Gasteiger partial charge in [0.15, 0.2) is 0 Å². The first-order valence-electron chi connectivity index (χ1n) is 7.95. The summed E-state index contributed by atoms with van der Waals surface area (Å²) >= 11 is 0. The molecule has 0 radical (unpaired) electrons. The first kappa shape index (κ1) is 20.9. The molecule has 8 heteroatoms. The molecule has 1 saturated heterocycles. The quantitative estimate of drug-likeness (QED) is 0.698. The largest absolute Gasteiger partial charge is 0.352 e. The van der Waals surface area contributed by atoms with Crippen LogP contribution >= 0.6 is 12.4 Å². The summed E-state index contributed by atoms with van der Waals surface area (Å²) in [6, 6.07) is 5.45. The molecule has 2 rings (SSSR count). The van der Waals surface area contributed by atoms with Gasteiger partial charge in [-0.25, -0.2) is 13.1 Å². The predicted octanol–water partition coefficient (Wildman–Crippen LogP) is 1.26. The van der Waals surface area contributed by atoms with E-state index in [0.29, 0.717) is 5.56 Å². The molecule has 136 valence electrons. The normalized spacial score (nSPS) is 17.8. The van der Waals surface area contributed by atoms with Gasteiger partial charge in [-0.2, -0.15) is 0 Å². The van der Waals surface area contributed by atoms with Gasteiger partial charge in [0.05, 0.1) is 4.90 Å². The molecule has 1 heterocycles. The van der Waals surface area contributed by atoms with E-state index in [1.807, 2.05) is 13.0 Å². The first-order chi connectivity index (χ1) is 10.9. The molecule has 3 N–H and O–H groups in total. The SMILES string of the molecule is Cc1ccc(C)c(S(=O)(=O)NCCC(=O)N[C@H]2CCCNC2)c1.Cl. The molecule has 0 aliphatic carbocycles. The van der Waals surface area contributed by atoms with Crippen molar-refractivity contribution >= 4 is 28.3 Å². The van der Waals surface area contributed by atoms with Crippen molar-refractivity contribution in [2.75, 3.05) is 19.6 Å². The Kier molecular flexibility index (Phi) is 8.15. The minimum Gasteiger partial charge on any atom is -0.352 e. The molecule has 0 spiro atoms. The smallest absolute Gasteiger partial charge is 0.240 e. The molecule has 0 bridgehead atoms. The highest BCUT2D eigenvalue weighted by molar-refractivity contribution is 7.89. The zero-order valence-corrected chi connectivity index (χ0v) is 15.7. The topological polar surface area (TPSA) is 87.3 Å². The number of carbonyl (C=O) groups is 1. The Bertz CT molecular complexity index is 659. The van der Waals surface area contributed by atoms with Crippen LogP contribution in [0.3, 0.4) is 0 Å². The summed E-state index contributed by atoms with van der Waals surface area (Å²) in [7, 11) is -3.58. The molecule has 0 aromatic heterocycles. The zero-order chi connectivity index (χ0) is 16.9. The van der Waals surface area contributed by atoms with Crippen LogP contribution in [0.25, 0.3) is 0 Å². The molecule has 1 fully saturated rings. The van der Waals surface area contributed by atoms with Gasteiger partial charge in [0, 0.05) is 25.6 Å². The Morgan fingerprint density at radius 1 is 1.33 bits per heavy atom. The van der Waals surface area contributed by atoms with E-state index in [9.17, 15) is 13.2 Å². The number of hydrogen-bond acceptors (Lipinski definition) is 4. The average molecular weight is 376 g/mol. The summed E-state index contributed by atoms with van der Waals surface area (Å²) in [5.41, 5.74) is 1.58. The third-order valence-electron chi connectivity index (χ3n) is 3.94. The molecule has 0 unspecified atom stereocenters. The third-order valence-corrected chi connectivity index (χ3v) is 5.54. The number of aryl methyl sites for hydroxylation is 2. The molecular weight excluding hydrogens is 350 g/mol. The monoisotopic (exact) mass is 375 g/mol. The zero-order valence-electron chi connectivity index (χ0n) is 14.1. The van der Waals surface area contributed by atoms with Crippen LogP contribution in [0.15, 0.2) is 23.1 Å². The molecule has 1 aliphatic rings. The average Bonchev–Trinajstić information content (AvgIpc) is 2.50. The van der Waals surface area contributed by atoms with Gasteiger partial charge in [-0.05, 0) is 50.4 Å². The van der Waals surface area contributed by atoms with E-state index in [2.05, 4.69) is 15.4 Å². The maximum atomic E-state index is 12.3. The van der Waals surface area contributed by atoms with E-state index >= 15 is 0 Å². The second-order valence-electron chi connectivity index (χ2n) is 6.03. The van der Waals surface area contributed by atoms with Crippen molar-refractivity contribution in [3.63, 3.8) is 0 Å². The summed E-state index contributed by atoms with van der Waals surface area (Å²) in [5.74, 6) is -0.123. The van der Waals surface area contributed by atoms with E-state index in [1.165, 1.54) is 0 Å². The van der Waals surface area contributed by atoms with Gasteiger partial charge in [0.25, 0.3) is 0 Å². The fourth-order valence-electron chi connectivity index (χ4n) is 2.65. The fourth-order valence-corrected chi connectivity index (χ4v) is 4.01. The van der Waals surface area contributed by atoms with Gasteiger partial charge < -0.3 is 10.6 Å². The van der Waals surface area contributed by atoms with Crippen LogP contribution in [-0.2, 0) is 14.8 Å². The lowest BCUT2D eigenvalue weighted by Gasteiger charge is -2.23. The molecule has 6 nitrogen and oxygen atoms in total. The van der Waals surface area contributed by atoms with Gasteiger partial charge in [-0.1, -0.05) is 12.1 Å². The van der Waals surface area contributed by atoms with Gasteiger partial charge in [-0.3, -0.25) is 4.79 Å². The standard InChI is InChI=1S/C16H25N3O3S.ClH/c1-12-5-6-13(2)15(10-12)23(21,22)18-9-7-16(20)19-14-4-3-8-17-11-14;/h5-6,10,14,17-18H,3-4,7-9,11H2,1-2H3,(H,19,20);1H/t14-;/m0./s1. The summed E-state index contributed by atoms with van der Waals surface area (Å²) in [6.45, 7) is 5.48. The number of rotatable bonds is 6. The second kappa shape index (κ2) is 9.36. The number of amides is 1. The molecule has 0 saturated carbocycles. The van der Waals surface area contributed by atoms with Gasteiger partial charge in [0.2, 0.25) is 15.9 Å². The van der Waals surface area contributed by atoms with Crippen molar-refractivity contribution in [1.29, 1.82) is 0 Å². The summed E-state index contributed by atoms with van der Waals surface area (Å²) in [6.07, 6.45) is 2.15. The van der Waals surface area contributed by atoms with Crippen molar-refractivity contribution in [2.24, 2.45) is 0 Å². The van der Waals surface area contributed by atoms with E-state index in [4.69, 9.17) is 0 Å². The third kappa shape index (κ3) is 6.05. The number of halogens is 1. The number of hydrogen-bond donors (Lipinski definition) is 3. The first-order valence-corrected chi connectivity index (χ1v) is 9.44. The van der Waals surface area contributed by atoms with Crippen molar-refractivity contribution in [3.05, 3.63) is 29.3 Å². The van der Waals surface area contributed by atoms with E-state index in [0.717, 1.165) is 31.5 Å². The fraction of sp³-hybridized carbons (Fsp3) is 0.562. The van der Waals surface area contributed by atoms with E-state index < -0.39 is 10.0 Å². The van der Waals surface area contributed by atoms with Gasteiger partial charge >= 0.3 is 0 Å². The van der Waals surface area contributed by atoms with Crippen LogP contribution in [-0.4, -0.2) is 40.0 Å². The number of piperidine rings is 1. The lowest BCUT2D eigenvalue weighted by atomic mass is 10.1. The van der Waals surface area contributed by atoms with Crippen LogP contribution in [0.5, 0.6) is 0 Å². The van der Waals surface area contributed by atoms with Crippen LogP contribution < -0.4 is 15.4 Å². The van der Waals surface area contributed by atoms with Gasteiger partial charge in [-0.15, -0.1) is 12.4 Å². The Balaban J connectivity index is 0.00000288. The molecule has 24 heavy (non-hydrogen) atoms. The number of benzene rings is 1. The predicted molar refractivity (Wildman–Crippen MR) is 97.0 cm³/mol. The van der Waals surface area contributed by atoms with Crippen LogP contribution in [0.1, 0.15) is 30.4 Å². The van der Waals surface area contributed by atoms with Crippen LogP contribution in [0, 0.1) is 13.8 Å². The molecule has 1 amide bonds. The molecule has 1 aromatic rings. The van der Waals surface area contributed by atoms with Crippen molar-refractivity contribution in [3.8, 4) is 0 Å². The maximum Gasteiger partial charge on any atom is 0.240 e. The van der Waals surface area contributed by atoms with Crippen molar-refractivity contribution < 1.29 is 13.2 Å². The number of carbonyl (C=O) groups excluding carboxylic acids is 1. The number of sulfonamides is 1. The molecule has 1 aliphatic heterocycles. The van der Waals surface area contributed by atoms with E-state index in [1.54, 1.807) is 19.1 Å². The highest BCUT2D eigenvalue weighted by atomic mass is 35.5. The number of nitrogens with one attached hydrogen (secondary N) is 3. The minimum atomic E-state index is -3.58. The molecule has 1 atom stereocenters. The van der Waals surface area contributed by atoms with Crippen molar-refractivity contribution in [2.45, 2.75) is 44.0 Å². The highest BCUT2D eigenvalue weighted by Crippen LogP contribution is 2.16. The lowest BCUT2D eigenvalue weighted by Crippen LogP contribution is -2.46. The minimum absolute atomic E-state index is 0. The highest BCUT2D eigenvalue weighted by Gasteiger charge is 2.18. The second-order valence-corrected chi connectivity index (χ2v) is 7.76. The summed E-state index contributed by atoms with van der Waals surface area (Å²) in [4.78, 5) is 12.2. The lowest BCUT2D eigenvalue weighted by molar-refractivity contribution is -0.121. The Morgan fingerprint density at radius 2 is 2.08 bits per heavy atom. The summed E-state index contributed by atoms with van der Waals surface area (Å²) in [5, 5.41) is 6.16. The Labute approximate surface area is 150 Å². The molecular formula is C16H26ClN3O3S. The van der Waals surface area contributed by atoms with Crippen LogP contribution in [0.2, 0.25) is 0 Å². The molecule has 1 aromatic carbocycles. The summed E-state index contributed by atoms with van der Waals surface area (Å²) < 4.78 is 27.2. The van der Waals surface area contributed by atoms with Crippen molar-refractivity contribution in [1.82, 2.24) is 15.4 Å². The maximum absolute atomic E-state index is 12.3. The Hall–Kier alpha value is -1.15. The van der Waals surface area contributed by atoms with E-state index in [-0.39, 0.29) is 42.2 Å². The van der Waals surface area contributed by atoms with Gasteiger partial charge in [0.1, 0.15) is 0 Å². The Morgan fingerprint density at radius 3 is 2.75 bits per heavy atom. The van der Waals surface area contributed by atoms with Crippen LogP contribution in [0.4, 0.5) is 0 Å².